The van der Waals surface area contributed by atoms with E-state index in [2.05, 4.69) is 32.7 Å². The van der Waals surface area contributed by atoms with E-state index < -0.39 is 0 Å². The summed E-state index contributed by atoms with van der Waals surface area (Å²) in [6.45, 7) is 4.03. The van der Waals surface area contributed by atoms with Gasteiger partial charge in [-0.05, 0) is 78.1 Å². The van der Waals surface area contributed by atoms with Crippen LogP contribution >= 0.6 is 0 Å². The molecule has 0 fully saturated rings. The Morgan fingerprint density at radius 2 is 1.68 bits per heavy atom. The Kier molecular flexibility index (Phi) is 8.28. The van der Waals surface area contributed by atoms with Crippen molar-refractivity contribution in [3.63, 3.8) is 0 Å². The van der Waals surface area contributed by atoms with E-state index >= 15 is 0 Å². The van der Waals surface area contributed by atoms with Crippen molar-refractivity contribution in [1.82, 2.24) is 10.2 Å². The molecule has 5 aromatic rings. The summed E-state index contributed by atoms with van der Waals surface area (Å²) >= 11 is 0. The van der Waals surface area contributed by atoms with E-state index in [0.29, 0.717) is 17.2 Å². The summed E-state index contributed by atoms with van der Waals surface area (Å²) in [6.07, 6.45) is 2.41. The number of nitrogen functional groups attached to an aromatic ring is 1. The van der Waals surface area contributed by atoms with Gasteiger partial charge in [-0.25, -0.2) is 9.59 Å². The molecule has 2 amide bonds. The Morgan fingerprint density at radius 1 is 0.947 bits per heavy atom. The highest BCUT2D eigenvalue weighted by Crippen LogP contribution is 2.31. The zero-order chi connectivity index (χ0) is 26.9. The smallest absolute Gasteiger partial charge is 0.323 e. The summed E-state index contributed by atoms with van der Waals surface area (Å²) in [6, 6.07) is 28.5. The van der Waals surface area contributed by atoms with Crippen LogP contribution in [0, 0.1) is 6.92 Å². The van der Waals surface area contributed by atoms with Gasteiger partial charge < -0.3 is 16.4 Å². The Bertz CT molecular complexity index is 1600. The number of nitrogens with one attached hydrogen (secondary N) is 3. The Hall–Kier alpha value is -5.20. The number of hydrogen-bond acceptors (Lipinski definition) is 5. The molecule has 4 aromatic carbocycles. The highest BCUT2D eigenvalue weighted by Gasteiger charge is 2.10. The van der Waals surface area contributed by atoms with Crippen molar-refractivity contribution in [3.05, 3.63) is 102 Å². The molecule has 8 heteroatoms. The van der Waals surface area contributed by atoms with E-state index in [1.807, 2.05) is 91.9 Å². The Labute approximate surface area is 220 Å². The fourth-order valence-electron chi connectivity index (χ4n) is 3.98. The van der Waals surface area contributed by atoms with Gasteiger partial charge in [-0.2, -0.15) is 10.1 Å². The molecular weight excluding hydrogens is 476 g/mol. The number of aromatic amines is 1. The number of benzene rings is 4. The third kappa shape index (κ3) is 6.51. The second-order valence-corrected chi connectivity index (χ2v) is 8.59. The molecule has 0 radical (unpaired) electrons. The fourth-order valence-corrected chi connectivity index (χ4v) is 3.98. The molecule has 0 saturated heterocycles. The van der Waals surface area contributed by atoms with Crippen LogP contribution in [0.4, 0.5) is 27.7 Å². The first-order valence-electron chi connectivity index (χ1n) is 12.1. The van der Waals surface area contributed by atoms with Crippen LogP contribution in [0.5, 0.6) is 0 Å². The minimum absolute atomic E-state index is 0.276. The SMILES string of the molecule is CCc1cccc(NC(=O)Nc2ccc(-c3cccc4[nH]nc(N)c34)cc2)c1.Cc1cccc(N=C=O)c1. The number of nitrogens with zero attached hydrogens (tertiary/aromatic N) is 2. The maximum Gasteiger partial charge on any atom is 0.323 e. The van der Waals surface area contributed by atoms with Gasteiger partial charge in [-0.1, -0.05) is 55.5 Å². The number of carbonyl (C=O) groups excluding carboxylic acids is 2. The van der Waals surface area contributed by atoms with Crippen LogP contribution in [0.1, 0.15) is 18.1 Å². The molecule has 0 saturated carbocycles. The second-order valence-electron chi connectivity index (χ2n) is 8.59. The zero-order valence-corrected chi connectivity index (χ0v) is 21.2. The van der Waals surface area contributed by atoms with Gasteiger partial charge in [0.15, 0.2) is 5.82 Å². The predicted molar refractivity (Wildman–Crippen MR) is 153 cm³/mol. The lowest BCUT2D eigenvalue weighted by molar-refractivity contribution is 0.262. The van der Waals surface area contributed by atoms with Crippen molar-refractivity contribution >= 4 is 45.9 Å². The lowest BCUT2D eigenvalue weighted by atomic mass is 10.0. The summed E-state index contributed by atoms with van der Waals surface area (Å²) in [5.41, 5.74) is 13.3. The molecule has 0 bridgehead atoms. The molecule has 190 valence electrons. The van der Waals surface area contributed by atoms with Crippen LogP contribution in [0.3, 0.4) is 0 Å². The lowest BCUT2D eigenvalue weighted by Crippen LogP contribution is -2.19. The van der Waals surface area contributed by atoms with E-state index in [4.69, 9.17) is 5.73 Å². The average molecular weight is 505 g/mol. The van der Waals surface area contributed by atoms with Crippen LogP contribution in [-0.4, -0.2) is 22.3 Å². The number of aromatic nitrogens is 2. The largest absolute Gasteiger partial charge is 0.382 e. The Balaban J connectivity index is 0.000000283. The Morgan fingerprint density at radius 3 is 2.42 bits per heavy atom. The average Bonchev–Trinajstić information content (AvgIpc) is 3.31. The van der Waals surface area contributed by atoms with Crippen LogP contribution in [0.2, 0.25) is 0 Å². The quantitative estimate of drug-likeness (QED) is 0.152. The lowest BCUT2D eigenvalue weighted by Gasteiger charge is -2.10. The normalized spacial score (nSPS) is 10.2. The number of urea groups is 1. The van der Waals surface area contributed by atoms with Gasteiger partial charge in [0.05, 0.1) is 16.6 Å². The minimum atomic E-state index is -0.276. The molecule has 0 spiro atoms. The number of amides is 2. The van der Waals surface area contributed by atoms with Gasteiger partial charge in [-0.15, -0.1) is 0 Å². The van der Waals surface area contributed by atoms with Crippen LogP contribution in [0.25, 0.3) is 22.0 Å². The number of rotatable bonds is 5. The molecule has 5 rings (SSSR count). The number of aliphatic imine (C=N–C) groups is 1. The maximum absolute atomic E-state index is 12.3. The zero-order valence-electron chi connectivity index (χ0n) is 21.2. The molecule has 8 nitrogen and oxygen atoms in total. The summed E-state index contributed by atoms with van der Waals surface area (Å²) in [5, 5.41) is 13.6. The first-order chi connectivity index (χ1) is 18.5. The minimum Gasteiger partial charge on any atom is -0.382 e. The van der Waals surface area contributed by atoms with E-state index in [9.17, 15) is 9.59 Å². The number of nitrogens with two attached hydrogens (primary N) is 1. The number of anilines is 3. The maximum atomic E-state index is 12.3. The number of aryl methyl sites for hydroxylation is 2. The van der Waals surface area contributed by atoms with Gasteiger partial charge in [-0.3, -0.25) is 5.10 Å². The summed E-state index contributed by atoms with van der Waals surface area (Å²) in [4.78, 5) is 25.5. The first kappa shape index (κ1) is 25.9. The molecular formula is C30H28N6O2. The van der Waals surface area contributed by atoms with Gasteiger partial charge in [0.2, 0.25) is 6.08 Å². The van der Waals surface area contributed by atoms with Crippen molar-refractivity contribution < 1.29 is 9.59 Å². The summed E-state index contributed by atoms with van der Waals surface area (Å²) in [7, 11) is 0. The molecule has 0 unspecified atom stereocenters. The highest BCUT2D eigenvalue weighted by atomic mass is 16.2. The summed E-state index contributed by atoms with van der Waals surface area (Å²) in [5.74, 6) is 0.474. The molecule has 0 aliphatic heterocycles. The van der Waals surface area contributed by atoms with Gasteiger partial charge >= 0.3 is 6.03 Å². The number of H-pyrrole nitrogens is 1. The van der Waals surface area contributed by atoms with Crippen molar-refractivity contribution in [3.8, 4) is 11.1 Å². The molecule has 1 heterocycles. The standard InChI is InChI=1S/C22H21N5O.C8H7NO/c1-2-14-5-3-6-17(13-14)25-22(28)24-16-11-9-15(10-12-16)18-7-4-8-19-20(18)21(23)27-26-19;1-7-3-2-4-8(5-7)9-6-10/h3-13H,2H2,1H3,(H3,23,26,27)(H2,24,25,28);2-5H,1H3. The summed E-state index contributed by atoms with van der Waals surface area (Å²) < 4.78 is 0. The molecule has 0 aliphatic carbocycles. The van der Waals surface area contributed by atoms with Crippen molar-refractivity contribution in [1.29, 1.82) is 0 Å². The van der Waals surface area contributed by atoms with Crippen LogP contribution in [0.15, 0.2) is 96.0 Å². The number of isocyanates is 1. The van der Waals surface area contributed by atoms with E-state index in [0.717, 1.165) is 39.7 Å². The van der Waals surface area contributed by atoms with Crippen molar-refractivity contribution in [2.45, 2.75) is 20.3 Å². The first-order valence-corrected chi connectivity index (χ1v) is 12.1. The van der Waals surface area contributed by atoms with Crippen molar-refractivity contribution in [2.75, 3.05) is 16.4 Å². The topological polar surface area (TPSA) is 125 Å². The predicted octanol–water partition coefficient (Wildman–Crippen LogP) is 6.98. The van der Waals surface area contributed by atoms with Crippen LogP contribution in [-0.2, 0) is 11.2 Å². The third-order valence-corrected chi connectivity index (χ3v) is 5.84. The van der Waals surface area contributed by atoms with E-state index in [1.165, 1.54) is 11.6 Å². The van der Waals surface area contributed by atoms with E-state index in [1.54, 1.807) is 6.07 Å². The number of hydrogen-bond donors (Lipinski definition) is 4. The molecule has 38 heavy (non-hydrogen) atoms. The fraction of sp³-hybridized carbons (Fsp3) is 0.100. The highest BCUT2D eigenvalue weighted by molar-refractivity contribution is 6.02. The molecule has 0 aliphatic rings. The van der Waals surface area contributed by atoms with Crippen molar-refractivity contribution in [2.24, 2.45) is 4.99 Å². The molecule has 5 N–H and O–H groups in total. The van der Waals surface area contributed by atoms with Gasteiger partial charge in [0.1, 0.15) is 0 Å². The third-order valence-electron chi connectivity index (χ3n) is 5.84. The van der Waals surface area contributed by atoms with Gasteiger partial charge in [0, 0.05) is 11.4 Å². The second kappa shape index (κ2) is 12.2. The van der Waals surface area contributed by atoms with Crippen LogP contribution < -0.4 is 16.4 Å². The molecule has 1 aromatic heterocycles. The number of carbonyl (C=O) groups is 1. The number of fused-ring (bicyclic) bond motifs is 1. The van der Waals surface area contributed by atoms with E-state index in [-0.39, 0.29) is 6.03 Å². The monoisotopic (exact) mass is 504 g/mol. The van der Waals surface area contributed by atoms with Gasteiger partial charge in [0.25, 0.3) is 0 Å². The molecule has 0 atom stereocenters.